The molecule has 1 aliphatic heterocycles. The second-order valence-corrected chi connectivity index (χ2v) is 9.33. The number of carboxylic acid groups (broad SMARTS) is 1. The summed E-state index contributed by atoms with van der Waals surface area (Å²) in [6.07, 6.45) is 4.00. The number of halogens is 1. The SMILES string of the molecule is CCCC(c1ccc(C(=O)O)cc1Cl)N1CCC(OC(c2ccccc2)c2ccccc2)CC1. The Balaban J connectivity index is 1.46. The smallest absolute Gasteiger partial charge is 0.335 e. The van der Waals surface area contributed by atoms with E-state index in [1.165, 1.54) is 11.1 Å². The summed E-state index contributed by atoms with van der Waals surface area (Å²) in [5.74, 6) is -0.954. The van der Waals surface area contributed by atoms with Crippen LogP contribution in [0.3, 0.4) is 0 Å². The fourth-order valence-electron chi connectivity index (χ4n) is 4.86. The maximum absolute atomic E-state index is 11.3. The number of hydrogen-bond acceptors (Lipinski definition) is 3. The Bertz CT molecular complexity index is 1030. The number of benzene rings is 3. The van der Waals surface area contributed by atoms with Crippen molar-refractivity contribution in [2.75, 3.05) is 13.1 Å². The zero-order valence-electron chi connectivity index (χ0n) is 19.6. The molecule has 0 saturated carbocycles. The minimum absolute atomic E-state index is 0.0802. The van der Waals surface area contributed by atoms with E-state index in [0.717, 1.165) is 44.3 Å². The second kappa shape index (κ2) is 11.7. The molecular formula is C29H32ClNO3. The van der Waals surface area contributed by atoms with Crippen molar-refractivity contribution in [1.82, 2.24) is 4.90 Å². The van der Waals surface area contributed by atoms with Gasteiger partial charge in [0.1, 0.15) is 6.10 Å². The van der Waals surface area contributed by atoms with Crippen molar-refractivity contribution in [1.29, 1.82) is 0 Å². The average Bonchev–Trinajstić information content (AvgIpc) is 2.87. The molecule has 0 radical (unpaired) electrons. The molecule has 0 spiro atoms. The van der Waals surface area contributed by atoms with E-state index in [9.17, 15) is 9.90 Å². The summed E-state index contributed by atoms with van der Waals surface area (Å²) in [4.78, 5) is 13.8. The first kappa shape index (κ1) is 24.5. The molecule has 3 aromatic carbocycles. The molecule has 1 N–H and O–H groups in total. The topological polar surface area (TPSA) is 49.8 Å². The summed E-state index contributed by atoms with van der Waals surface area (Å²) in [5.41, 5.74) is 3.58. The van der Waals surface area contributed by atoms with Gasteiger partial charge in [-0.1, -0.05) is 91.7 Å². The van der Waals surface area contributed by atoms with Gasteiger partial charge in [0.05, 0.1) is 11.7 Å². The number of aromatic carboxylic acids is 1. The van der Waals surface area contributed by atoms with Crippen LogP contribution in [0.1, 0.15) is 71.8 Å². The van der Waals surface area contributed by atoms with Gasteiger partial charge < -0.3 is 9.84 Å². The number of likely N-dealkylation sites (tertiary alicyclic amines) is 1. The van der Waals surface area contributed by atoms with Crippen molar-refractivity contribution in [3.05, 3.63) is 106 Å². The Morgan fingerprint density at radius 3 is 2.09 bits per heavy atom. The fraction of sp³-hybridized carbons (Fsp3) is 0.345. The molecule has 178 valence electrons. The first-order valence-electron chi connectivity index (χ1n) is 12.1. The molecule has 0 amide bonds. The van der Waals surface area contributed by atoms with Gasteiger partial charge in [-0.3, -0.25) is 4.90 Å². The number of nitrogens with zero attached hydrogens (tertiary/aromatic N) is 1. The van der Waals surface area contributed by atoms with Crippen molar-refractivity contribution < 1.29 is 14.6 Å². The van der Waals surface area contributed by atoms with Crippen molar-refractivity contribution >= 4 is 17.6 Å². The average molecular weight is 478 g/mol. The van der Waals surface area contributed by atoms with Crippen molar-refractivity contribution in [3.63, 3.8) is 0 Å². The Labute approximate surface area is 207 Å². The number of ether oxygens (including phenoxy) is 1. The second-order valence-electron chi connectivity index (χ2n) is 8.92. The number of carboxylic acids is 1. The Morgan fingerprint density at radius 1 is 1.00 bits per heavy atom. The highest BCUT2D eigenvalue weighted by molar-refractivity contribution is 6.31. The first-order valence-corrected chi connectivity index (χ1v) is 12.5. The van der Waals surface area contributed by atoms with Gasteiger partial charge in [-0.2, -0.15) is 0 Å². The summed E-state index contributed by atoms with van der Waals surface area (Å²) in [6.45, 7) is 4.01. The third-order valence-corrected chi connectivity index (χ3v) is 6.95. The molecule has 1 atom stereocenters. The van der Waals surface area contributed by atoms with Crippen LogP contribution in [-0.4, -0.2) is 35.2 Å². The molecular weight excluding hydrogens is 446 g/mol. The third kappa shape index (κ3) is 5.87. The van der Waals surface area contributed by atoms with Crippen LogP contribution in [-0.2, 0) is 4.74 Å². The molecule has 1 saturated heterocycles. The number of rotatable bonds is 9. The monoisotopic (exact) mass is 477 g/mol. The van der Waals surface area contributed by atoms with Gasteiger partial charge in [0.25, 0.3) is 0 Å². The quantitative estimate of drug-likeness (QED) is 0.355. The lowest BCUT2D eigenvalue weighted by atomic mass is 9.95. The molecule has 4 rings (SSSR count). The van der Waals surface area contributed by atoms with Crippen LogP contribution in [0.15, 0.2) is 78.9 Å². The summed E-state index contributed by atoms with van der Waals surface area (Å²) < 4.78 is 6.71. The molecule has 1 heterocycles. The lowest BCUT2D eigenvalue weighted by Gasteiger charge is -2.39. The van der Waals surface area contributed by atoms with Gasteiger partial charge in [0.2, 0.25) is 0 Å². The van der Waals surface area contributed by atoms with Crippen LogP contribution in [0.25, 0.3) is 0 Å². The minimum atomic E-state index is -0.954. The van der Waals surface area contributed by atoms with Crippen LogP contribution in [0, 0.1) is 0 Å². The zero-order chi connectivity index (χ0) is 23.9. The Kier molecular flexibility index (Phi) is 8.39. The van der Waals surface area contributed by atoms with Crippen LogP contribution in [0.2, 0.25) is 5.02 Å². The van der Waals surface area contributed by atoms with Crippen LogP contribution in [0.4, 0.5) is 0 Å². The van der Waals surface area contributed by atoms with E-state index in [4.69, 9.17) is 16.3 Å². The van der Waals surface area contributed by atoms with E-state index in [2.05, 4.69) is 60.4 Å². The van der Waals surface area contributed by atoms with E-state index < -0.39 is 5.97 Å². The fourth-order valence-corrected chi connectivity index (χ4v) is 5.17. The molecule has 34 heavy (non-hydrogen) atoms. The van der Waals surface area contributed by atoms with Crippen molar-refractivity contribution in [2.24, 2.45) is 0 Å². The maximum atomic E-state index is 11.3. The zero-order valence-corrected chi connectivity index (χ0v) is 20.3. The van der Waals surface area contributed by atoms with Gasteiger partial charge in [0.15, 0.2) is 0 Å². The van der Waals surface area contributed by atoms with E-state index in [1.807, 2.05) is 18.2 Å². The van der Waals surface area contributed by atoms with Gasteiger partial charge in [-0.05, 0) is 48.1 Å². The van der Waals surface area contributed by atoms with Gasteiger partial charge >= 0.3 is 5.97 Å². The molecule has 1 fully saturated rings. The highest BCUT2D eigenvalue weighted by Crippen LogP contribution is 2.36. The number of piperidine rings is 1. The van der Waals surface area contributed by atoms with Gasteiger partial charge in [-0.25, -0.2) is 4.79 Å². The van der Waals surface area contributed by atoms with Gasteiger partial charge in [0, 0.05) is 24.2 Å². The lowest BCUT2D eigenvalue weighted by molar-refractivity contribution is -0.0343. The van der Waals surface area contributed by atoms with Crippen LogP contribution < -0.4 is 0 Å². The first-order chi connectivity index (χ1) is 16.6. The third-order valence-electron chi connectivity index (χ3n) is 6.62. The number of hydrogen-bond donors (Lipinski definition) is 1. The molecule has 5 heteroatoms. The van der Waals surface area contributed by atoms with Crippen LogP contribution in [0.5, 0.6) is 0 Å². The molecule has 0 aromatic heterocycles. The predicted octanol–water partition coefficient (Wildman–Crippen LogP) is 7.15. The van der Waals surface area contributed by atoms with Crippen molar-refractivity contribution in [3.8, 4) is 0 Å². The van der Waals surface area contributed by atoms with E-state index in [0.29, 0.717) is 5.02 Å². The van der Waals surface area contributed by atoms with E-state index >= 15 is 0 Å². The highest BCUT2D eigenvalue weighted by Gasteiger charge is 2.29. The van der Waals surface area contributed by atoms with E-state index in [-0.39, 0.29) is 23.8 Å². The van der Waals surface area contributed by atoms with Gasteiger partial charge in [-0.15, -0.1) is 0 Å². The standard InChI is InChI=1S/C29H32ClNO3/c1-2-9-27(25-15-14-23(29(32)33)20-26(25)30)31-18-16-24(17-19-31)34-28(21-10-5-3-6-11-21)22-12-7-4-8-13-22/h3-8,10-15,20,24,27-28H,2,9,16-19H2,1H3,(H,32,33). The molecule has 3 aromatic rings. The molecule has 0 aliphatic carbocycles. The summed E-state index contributed by atoms with van der Waals surface area (Å²) in [7, 11) is 0. The molecule has 1 unspecified atom stereocenters. The predicted molar refractivity (Wildman–Crippen MR) is 136 cm³/mol. The minimum Gasteiger partial charge on any atom is -0.478 e. The molecule has 4 nitrogen and oxygen atoms in total. The molecule has 0 bridgehead atoms. The summed E-state index contributed by atoms with van der Waals surface area (Å²) >= 11 is 6.54. The lowest BCUT2D eigenvalue weighted by Crippen LogP contribution is -2.40. The maximum Gasteiger partial charge on any atom is 0.335 e. The van der Waals surface area contributed by atoms with Crippen molar-refractivity contribution in [2.45, 2.75) is 50.9 Å². The number of carbonyl (C=O) groups is 1. The van der Waals surface area contributed by atoms with Crippen LogP contribution >= 0.6 is 11.6 Å². The highest BCUT2D eigenvalue weighted by atomic mass is 35.5. The normalized spacial score (nSPS) is 16.0. The Morgan fingerprint density at radius 2 is 1.59 bits per heavy atom. The Hall–Kier alpha value is -2.66. The summed E-state index contributed by atoms with van der Waals surface area (Å²) in [6, 6.07) is 26.1. The largest absolute Gasteiger partial charge is 0.478 e. The van der Waals surface area contributed by atoms with E-state index in [1.54, 1.807) is 12.1 Å². The molecule has 1 aliphatic rings. The summed E-state index contributed by atoms with van der Waals surface area (Å²) in [5, 5.41) is 9.81.